The zero-order chi connectivity index (χ0) is 28.3. The fraction of sp³-hybridized carbons (Fsp3) is 0.152. The fourth-order valence-electron chi connectivity index (χ4n) is 7.06. The van der Waals surface area contributed by atoms with E-state index in [9.17, 15) is 14.4 Å². The van der Waals surface area contributed by atoms with Gasteiger partial charge in [-0.3, -0.25) is 14.4 Å². The summed E-state index contributed by atoms with van der Waals surface area (Å²) in [7, 11) is 1.52. The molecule has 3 N–H and O–H groups in total. The predicted molar refractivity (Wildman–Crippen MR) is 155 cm³/mol. The second-order valence-corrected chi connectivity index (χ2v) is 10.5. The van der Waals surface area contributed by atoms with Crippen LogP contribution in [0.25, 0.3) is 0 Å². The Morgan fingerprint density at radius 3 is 2.17 bits per heavy atom. The molecule has 8 nitrogen and oxygen atoms in total. The van der Waals surface area contributed by atoms with Crippen molar-refractivity contribution >= 4 is 35.3 Å². The van der Waals surface area contributed by atoms with E-state index in [2.05, 4.69) is 10.5 Å². The number of carbonyl (C=O) groups excluding carboxylic acids is 3. The third-order valence-electron chi connectivity index (χ3n) is 8.65. The number of rotatable bonds is 5. The molecule has 4 aromatic rings. The van der Waals surface area contributed by atoms with Gasteiger partial charge < -0.3 is 10.5 Å². The number of imide groups is 1. The lowest BCUT2D eigenvalue weighted by Gasteiger charge is -2.52. The Bertz CT molecular complexity index is 1730. The van der Waals surface area contributed by atoms with Crippen molar-refractivity contribution in [2.24, 2.45) is 16.9 Å². The topological polar surface area (TPSA) is 114 Å². The highest BCUT2D eigenvalue weighted by molar-refractivity contribution is 6.25. The van der Waals surface area contributed by atoms with Crippen LogP contribution in [0.3, 0.4) is 0 Å². The summed E-state index contributed by atoms with van der Waals surface area (Å²) in [6, 6.07) is 29.5. The summed E-state index contributed by atoms with van der Waals surface area (Å²) in [6.45, 7) is 0. The zero-order valence-electron chi connectivity index (χ0n) is 22.2. The number of hydrazone groups is 1. The summed E-state index contributed by atoms with van der Waals surface area (Å²) in [5.74, 6) is -2.40. The molecule has 8 rings (SSSR count). The molecule has 0 spiro atoms. The molecule has 0 radical (unpaired) electrons. The number of hydrogen-bond acceptors (Lipinski definition) is 6. The number of methoxy groups -OCH3 is 1. The van der Waals surface area contributed by atoms with Crippen molar-refractivity contribution in [2.45, 2.75) is 11.3 Å². The lowest BCUT2D eigenvalue weighted by Crippen LogP contribution is -2.54. The Balaban J connectivity index is 1.42. The molecule has 2 bridgehead atoms. The van der Waals surface area contributed by atoms with Crippen LogP contribution in [-0.4, -0.2) is 31.0 Å². The Kier molecular flexibility index (Phi) is 5.54. The molecule has 4 aliphatic rings. The van der Waals surface area contributed by atoms with Gasteiger partial charge in [0.1, 0.15) is 5.75 Å². The van der Waals surface area contributed by atoms with Gasteiger partial charge in [0, 0.05) is 17.8 Å². The number of nitrogens with two attached hydrogens (primary N) is 1. The van der Waals surface area contributed by atoms with E-state index in [1.165, 1.54) is 12.0 Å². The molecule has 0 saturated carbocycles. The van der Waals surface area contributed by atoms with Crippen molar-refractivity contribution in [3.8, 4) is 5.75 Å². The van der Waals surface area contributed by atoms with Gasteiger partial charge in [-0.25, -0.2) is 10.3 Å². The molecule has 1 aliphatic heterocycles. The third-order valence-corrected chi connectivity index (χ3v) is 8.65. The molecule has 1 fully saturated rings. The summed E-state index contributed by atoms with van der Waals surface area (Å²) in [4.78, 5) is 43.1. The molecule has 4 aromatic carbocycles. The quantitative estimate of drug-likeness (QED) is 0.169. The van der Waals surface area contributed by atoms with Crippen LogP contribution in [0.2, 0.25) is 0 Å². The van der Waals surface area contributed by atoms with Crippen LogP contribution in [0, 0.1) is 11.8 Å². The third kappa shape index (κ3) is 3.34. The molecule has 8 heteroatoms. The number of nitrogens with zero attached hydrogens (tertiary/aromatic N) is 2. The lowest BCUT2D eigenvalue weighted by molar-refractivity contribution is -0.122. The molecule has 1 heterocycles. The monoisotopic (exact) mass is 542 g/mol. The molecule has 3 amide bonds. The van der Waals surface area contributed by atoms with Gasteiger partial charge in [0.2, 0.25) is 11.8 Å². The van der Waals surface area contributed by atoms with Gasteiger partial charge in [-0.15, -0.1) is 0 Å². The van der Waals surface area contributed by atoms with Gasteiger partial charge in [0.25, 0.3) is 5.91 Å². The number of nitrogen functional groups attached to an aromatic ring is 1. The SMILES string of the molecule is COc1ccccc1N1C(=O)[C@@H]2C3c4ccccc4C(/C=N\NC(=O)c4ccccc4N)(c4ccccc43)[C@@H]2C1=O. The molecule has 41 heavy (non-hydrogen) atoms. The van der Waals surface area contributed by atoms with Crippen LogP contribution in [0.15, 0.2) is 102 Å². The first-order valence-electron chi connectivity index (χ1n) is 13.4. The van der Waals surface area contributed by atoms with Crippen molar-refractivity contribution in [1.29, 1.82) is 0 Å². The number of anilines is 2. The summed E-state index contributed by atoms with van der Waals surface area (Å²) in [6.07, 6.45) is 1.63. The molecule has 202 valence electrons. The van der Waals surface area contributed by atoms with Crippen LogP contribution >= 0.6 is 0 Å². The molecule has 1 saturated heterocycles. The summed E-state index contributed by atoms with van der Waals surface area (Å²) in [5.41, 5.74) is 12.3. The summed E-state index contributed by atoms with van der Waals surface area (Å²) < 4.78 is 5.54. The van der Waals surface area contributed by atoms with Crippen molar-refractivity contribution in [1.82, 2.24) is 5.43 Å². The fourth-order valence-corrected chi connectivity index (χ4v) is 7.06. The van der Waals surface area contributed by atoms with Crippen molar-refractivity contribution in [3.05, 3.63) is 125 Å². The lowest BCUT2D eigenvalue weighted by atomic mass is 9.47. The Morgan fingerprint density at radius 1 is 0.878 bits per heavy atom. The first kappa shape index (κ1) is 24.8. The van der Waals surface area contributed by atoms with E-state index in [4.69, 9.17) is 10.5 Å². The second-order valence-electron chi connectivity index (χ2n) is 10.5. The number of nitrogens with one attached hydrogen (secondary N) is 1. The van der Waals surface area contributed by atoms with E-state index >= 15 is 0 Å². The van der Waals surface area contributed by atoms with Crippen molar-refractivity contribution in [2.75, 3.05) is 17.7 Å². The van der Waals surface area contributed by atoms with E-state index in [1.54, 1.807) is 54.7 Å². The largest absolute Gasteiger partial charge is 0.495 e. The summed E-state index contributed by atoms with van der Waals surface area (Å²) >= 11 is 0. The number of ether oxygens (including phenoxy) is 1. The highest BCUT2D eigenvalue weighted by atomic mass is 16.5. The number of amides is 3. The molecule has 0 unspecified atom stereocenters. The minimum atomic E-state index is -1.11. The molecule has 3 aliphatic carbocycles. The average Bonchev–Trinajstić information content (AvgIpc) is 3.27. The van der Waals surface area contributed by atoms with Crippen LogP contribution in [0.5, 0.6) is 5.75 Å². The minimum Gasteiger partial charge on any atom is -0.495 e. The molecular weight excluding hydrogens is 516 g/mol. The van der Waals surface area contributed by atoms with Crippen LogP contribution < -0.4 is 20.8 Å². The number of hydrogen-bond donors (Lipinski definition) is 2. The van der Waals surface area contributed by atoms with E-state index in [1.807, 2.05) is 48.5 Å². The maximum atomic E-state index is 14.5. The Hall–Kier alpha value is -5.24. The van der Waals surface area contributed by atoms with Gasteiger partial charge >= 0.3 is 0 Å². The zero-order valence-corrected chi connectivity index (χ0v) is 22.2. The number of para-hydroxylation sites is 3. The van der Waals surface area contributed by atoms with Gasteiger partial charge in [0.05, 0.1) is 35.6 Å². The summed E-state index contributed by atoms with van der Waals surface area (Å²) in [5, 5.41) is 4.44. The highest BCUT2D eigenvalue weighted by Crippen LogP contribution is 2.63. The van der Waals surface area contributed by atoms with E-state index in [0.717, 1.165) is 22.3 Å². The van der Waals surface area contributed by atoms with Gasteiger partial charge in [-0.1, -0.05) is 72.8 Å². The first-order chi connectivity index (χ1) is 20.0. The van der Waals surface area contributed by atoms with Crippen LogP contribution in [0.1, 0.15) is 38.5 Å². The normalized spacial score (nSPS) is 23.7. The minimum absolute atomic E-state index is 0.280. The van der Waals surface area contributed by atoms with Crippen molar-refractivity contribution in [3.63, 3.8) is 0 Å². The number of carbonyl (C=O) groups is 3. The maximum Gasteiger partial charge on any atom is 0.273 e. The van der Waals surface area contributed by atoms with Crippen LogP contribution in [0.4, 0.5) is 11.4 Å². The maximum absolute atomic E-state index is 14.5. The van der Waals surface area contributed by atoms with Gasteiger partial charge in [0.15, 0.2) is 0 Å². The molecule has 0 aromatic heterocycles. The highest BCUT2D eigenvalue weighted by Gasteiger charge is 2.68. The number of benzene rings is 4. The first-order valence-corrected chi connectivity index (χ1v) is 13.4. The van der Waals surface area contributed by atoms with E-state index in [-0.39, 0.29) is 17.7 Å². The molecular formula is C33H26N4O4. The predicted octanol–water partition coefficient (Wildman–Crippen LogP) is 4.24. The average molecular weight is 543 g/mol. The van der Waals surface area contributed by atoms with Crippen molar-refractivity contribution < 1.29 is 19.1 Å². The Labute approximate surface area is 236 Å². The van der Waals surface area contributed by atoms with E-state index < -0.39 is 23.2 Å². The Morgan fingerprint density at radius 2 is 1.49 bits per heavy atom. The standard InChI is InChI=1S/C33H26N4O4/c1-41-26-17-9-8-16-25(26)37-31(39)28-27-19-10-2-5-13-22(19)33(29(28)32(37)40,23-14-6-3-11-20(23)27)18-35-36-30(38)21-12-4-7-15-24(21)34/h2-18,27-29H,34H2,1H3,(H,36,38)/b35-18-/t27?,28-,29+,33?/m1/s1. The van der Waals surface area contributed by atoms with E-state index in [0.29, 0.717) is 22.7 Å². The van der Waals surface area contributed by atoms with Crippen LogP contribution in [-0.2, 0) is 15.0 Å². The smallest absolute Gasteiger partial charge is 0.273 e. The molecule has 2 atom stereocenters. The van der Waals surface area contributed by atoms with Gasteiger partial charge in [-0.05, 0) is 46.5 Å². The second kappa shape index (κ2) is 9.16. The van der Waals surface area contributed by atoms with Gasteiger partial charge in [-0.2, -0.15) is 5.10 Å².